The molecule has 2 rings (SSSR count). The SMILES string of the molecule is O=C(Nc1ccccn1)c1ccccc1C#CCO. The molecular formula is C15H12N2O2. The second-order valence-electron chi connectivity index (χ2n) is 3.67. The highest BCUT2D eigenvalue weighted by molar-refractivity contribution is 6.05. The fourth-order valence-corrected chi connectivity index (χ4v) is 1.55. The van der Waals surface area contributed by atoms with Gasteiger partial charge in [0.05, 0.1) is 5.56 Å². The summed E-state index contributed by atoms with van der Waals surface area (Å²) in [5.41, 5.74) is 1.03. The number of hydrogen-bond donors (Lipinski definition) is 2. The van der Waals surface area contributed by atoms with Crippen LogP contribution in [-0.4, -0.2) is 22.6 Å². The number of anilines is 1. The van der Waals surface area contributed by atoms with E-state index in [9.17, 15) is 4.79 Å². The van der Waals surface area contributed by atoms with Crippen LogP contribution in [0.25, 0.3) is 0 Å². The molecule has 2 N–H and O–H groups in total. The second-order valence-corrected chi connectivity index (χ2v) is 3.67. The number of amides is 1. The van der Waals surface area contributed by atoms with Crippen LogP contribution in [-0.2, 0) is 0 Å². The summed E-state index contributed by atoms with van der Waals surface area (Å²) in [5, 5.41) is 11.4. The molecule has 94 valence electrons. The standard InChI is InChI=1S/C15H12N2O2/c18-11-5-7-12-6-1-2-8-13(12)15(19)17-14-9-3-4-10-16-14/h1-4,6,8-10,18H,11H2,(H,16,17,19). The monoisotopic (exact) mass is 252 g/mol. The molecular weight excluding hydrogens is 240 g/mol. The van der Waals surface area contributed by atoms with E-state index in [0.717, 1.165) is 0 Å². The van der Waals surface area contributed by atoms with Gasteiger partial charge in [-0.2, -0.15) is 0 Å². The molecule has 0 aliphatic rings. The molecule has 1 aromatic heterocycles. The lowest BCUT2D eigenvalue weighted by Crippen LogP contribution is -2.14. The Morgan fingerprint density at radius 1 is 1.21 bits per heavy atom. The highest BCUT2D eigenvalue weighted by Crippen LogP contribution is 2.10. The quantitative estimate of drug-likeness (QED) is 0.799. The minimum absolute atomic E-state index is 0.240. The molecule has 2 aromatic rings. The fourth-order valence-electron chi connectivity index (χ4n) is 1.55. The Kier molecular flexibility index (Phi) is 4.27. The van der Waals surface area contributed by atoms with Gasteiger partial charge in [0.25, 0.3) is 5.91 Å². The Hall–Kier alpha value is -2.64. The third-order valence-electron chi connectivity index (χ3n) is 2.38. The summed E-state index contributed by atoms with van der Waals surface area (Å²) in [5.74, 6) is 5.49. The van der Waals surface area contributed by atoms with Gasteiger partial charge < -0.3 is 10.4 Å². The lowest BCUT2D eigenvalue weighted by molar-refractivity contribution is 0.102. The topological polar surface area (TPSA) is 62.2 Å². The van der Waals surface area contributed by atoms with Gasteiger partial charge in [0.1, 0.15) is 12.4 Å². The van der Waals surface area contributed by atoms with Crippen molar-refractivity contribution >= 4 is 11.7 Å². The molecule has 0 aliphatic carbocycles. The third-order valence-corrected chi connectivity index (χ3v) is 2.38. The van der Waals surface area contributed by atoms with Gasteiger partial charge in [-0.3, -0.25) is 4.79 Å². The van der Waals surface area contributed by atoms with Crippen molar-refractivity contribution < 1.29 is 9.90 Å². The van der Waals surface area contributed by atoms with Crippen LogP contribution in [0, 0.1) is 11.8 Å². The Bertz CT molecular complexity index is 627. The number of aliphatic hydroxyl groups excluding tert-OH is 1. The first-order chi connectivity index (χ1) is 9.31. The van der Waals surface area contributed by atoms with Gasteiger partial charge in [-0.25, -0.2) is 4.98 Å². The summed E-state index contributed by atoms with van der Waals surface area (Å²) >= 11 is 0. The van der Waals surface area contributed by atoms with E-state index in [1.807, 2.05) is 0 Å². The first-order valence-corrected chi connectivity index (χ1v) is 5.72. The number of pyridine rings is 1. The first kappa shape index (κ1) is 12.8. The maximum Gasteiger partial charge on any atom is 0.258 e. The molecule has 0 unspecified atom stereocenters. The summed E-state index contributed by atoms with van der Waals surface area (Å²) < 4.78 is 0. The van der Waals surface area contributed by atoms with Crippen LogP contribution >= 0.6 is 0 Å². The number of rotatable bonds is 2. The lowest BCUT2D eigenvalue weighted by atomic mass is 10.1. The molecule has 0 radical (unpaired) electrons. The number of hydrogen-bond acceptors (Lipinski definition) is 3. The van der Waals surface area contributed by atoms with Gasteiger partial charge >= 0.3 is 0 Å². The van der Waals surface area contributed by atoms with Crippen LogP contribution in [0.15, 0.2) is 48.7 Å². The van der Waals surface area contributed by atoms with E-state index in [-0.39, 0.29) is 12.5 Å². The molecule has 0 saturated carbocycles. The van der Waals surface area contributed by atoms with Gasteiger partial charge in [0.15, 0.2) is 0 Å². The van der Waals surface area contributed by atoms with E-state index in [4.69, 9.17) is 5.11 Å². The Morgan fingerprint density at radius 2 is 2.00 bits per heavy atom. The molecule has 4 heteroatoms. The molecule has 0 bridgehead atoms. The highest BCUT2D eigenvalue weighted by Gasteiger charge is 2.09. The molecule has 0 saturated heterocycles. The van der Waals surface area contributed by atoms with Crippen LogP contribution < -0.4 is 5.32 Å². The third kappa shape index (κ3) is 3.41. The van der Waals surface area contributed by atoms with Crippen LogP contribution in [0.4, 0.5) is 5.82 Å². The zero-order valence-corrected chi connectivity index (χ0v) is 10.1. The normalized spacial score (nSPS) is 9.32. The lowest BCUT2D eigenvalue weighted by Gasteiger charge is -2.05. The Morgan fingerprint density at radius 3 is 2.74 bits per heavy atom. The molecule has 0 atom stereocenters. The summed E-state index contributed by atoms with van der Waals surface area (Å²) in [6, 6.07) is 12.2. The van der Waals surface area contributed by atoms with Crippen LogP contribution in [0.2, 0.25) is 0 Å². The van der Waals surface area contributed by atoms with Gasteiger partial charge in [-0.1, -0.05) is 30.0 Å². The van der Waals surface area contributed by atoms with E-state index in [2.05, 4.69) is 22.1 Å². The number of aliphatic hydroxyl groups is 1. The number of nitrogens with zero attached hydrogens (tertiary/aromatic N) is 1. The van der Waals surface area contributed by atoms with Crippen molar-refractivity contribution in [2.45, 2.75) is 0 Å². The van der Waals surface area contributed by atoms with Crippen LogP contribution in [0.3, 0.4) is 0 Å². The molecule has 0 aliphatic heterocycles. The average molecular weight is 252 g/mol. The van der Waals surface area contributed by atoms with Crippen molar-refractivity contribution in [2.24, 2.45) is 0 Å². The fraction of sp³-hybridized carbons (Fsp3) is 0.0667. The van der Waals surface area contributed by atoms with E-state index in [1.54, 1.807) is 48.7 Å². The van der Waals surface area contributed by atoms with E-state index in [0.29, 0.717) is 16.9 Å². The summed E-state index contributed by atoms with van der Waals surface area (Å²) in [4.78, 5) is 16.1. The molecule has 1 aromatic carbocycles. The van der Waals surface area contributed by atoms with E-state index < -0.39 is 0 Å². The zero-order chi connectivity index (χ0) is 13.5. The molecule has 1 heterocycles. The minimum atomic E-state index is -0.276. The number of carbonyl (C=O) groups excluding carboxylic acids is 1. The highest BCUT2D eigenvalue weighted by atomic mass is 16.2. The van der Waals surface area contributed by atoms with E-state index >= 15 is 0 Å². The molecule has 0 fully saturated rings. The minimum Gasteiger partial charge on any atom is -0.384 e. The molecule has 0 spiro atoms. The Labute approximate surface area is 111 Å². The number of nitrogens with one attached hydrogen (secondary N) is 1. The van der Waals surface area contributed by atoms with Gasteiger partial charge in [0.2, 0.25) is 0 Å². The summed E-state index contributed by atoms with van der Waals surface area (Å²) in [6.07, 6.45) is 1.60. The van der Waals surface area contributed by atoms with Gasteiger partial charge in [-0.15, -0.1) is 0 Å². The smallest absolute Gasteiger partial charge is 0.258 e. The number of carbonyl (C=O) groups is 1. The maximum absolute atomic E-state index is 12.1. The summed E-state index contributed by atoms with van der Waals surface area (Å²) in [6.45, 7) is -0.240. The second kappa shape index (κ2) is 6.34. The predicted octanol–water partition coefficient (Wildman–Crippen LogP) is 1.68. The average Bonchev–Trinajstić information content (AvgIpc) is 2.46. The van der Waals surface area contributed by atoms with Crippen molar-refractivity contribution in [3.63, 3.8) is 0 Å². The van der Waals surface area contributed by atoms with Crippen molar-refractivity contribution in [3.8, 4) is 11.8 Å². The number of aromatic nitrogens is 1. The predicted molar refractivity (Wildman–Crippen MR) is 72.6 cm³/mol. The first-order valence-electron chi connectivity index (χ1n) is 5.72. The Balaban J connectivity index is 2.24. The van der Waals surface area contributed by atoms with Crippen LogP contribution in [0.5, 0.6) is 0 Å². The zero-order valence-electron chi connectivity index (χ0n) is 10.1. The largest absolute Gasteiger partial charge is 0.384 e. The van der Waals surface area contributed by atoms with Crippen molar-refractivity contribution in [1.82, 2.24) is 4.98 Å². The molecule has 1 amide bonds. The van der Waals surface area contributed by atoms with E-state index in [1.165, 1.54) is 0 Å². The molecule has 19 heavy (non-hydrogen) atoms. The van der Waals surface area contributed by atoms with Gasteiger partial charge in [0, 0.05) is 11.8 Å². The molecule has 4 nitrogen and oxygen atoms in total. The summed E-state index contributed by atoms with van der Waals surface area (Å²) in [7, 11) is 0. The maximum atomic E-state index is 12.1. The van der Waals surface area contributed by atoms with Crippen molar-refractivity contribution in [3.05, 3.63) is 59.8 Å². The van der Waals surface area contributed by atoms with Crippen molar-refractivity contribution in [1.29, 1.82) is 0 Å². The van der Waals surface area contributed by atoms with Crippen LogP contribution in [0.1, 0.15) is 15.9 Å². The van der Waals surface area contributed by atoms with Gasteiger partial charge in [-0.05, 0) is 24.3 Å². The van der Waals surface area contributed by atoms with Crippen molar-refractivity contribution in [2.75, 3.05) is 11.9 Å². The number of benzene rings is 1.